The van der Waals surface area contributed by atoms with Gasteiger partial charge in [-0.25, -0.2) is 0 Å². The topological polar surface area (TPSA) is 30.5 Å². The lowest BCUT2D eigenvalue weighted by Crippen LogP contribution is -2.12. The van der Waals surface area contributed by atoms with Crippen LogP contribution in [0.3, 0.4) is 0 Å². The molecule has 0 aliphatic rings. The summed E-state index contributed by atoms with van der Waals surface area (Å²) in [5.74, 6) is 0. The molecule has 19 heavy (non-hydrogen) atoms. The second kappa shape index (κ2) is 7.72. The molecule has 0 saturated carbocycles. The molecule has 0 fully saturated rings. The Hall–Kier alpha value is -0.790. The summed E-state index contributed by atoms with van der Waals surface area (Å²) in [6.45, 7) is 1.97. The summed E-state index contributed by atoms with van der Waals surface area (Å²) in [5.41, 5.74) is -0.0791. The van der Waals surface area contributed by atoms with E-state index in [0.29, 0.717) is 36.5 Å². The van der Waals surface area contributed by atoms with E-state index in [0.717, 1.165) is 12.1 Å². The number of ether oxygens (including phenoxy) is 2. The van der Waals surface area contributed by atoms with Gasteiger partial charge in [-0.1, -0.05) is 0 Å². The van der Waals surface area contributed by atoms with Crippen molar-refractivity contribution in [2.24, 2.45) is 0 Å². The summed E-state index contributed by atoms with van der Waals surface area (Å²) >= 11 is 3.11. The number of halogens is 4. The van der Waals surface area contributed by atoms with E-state index in [-0.39, 0.29) is 0 Å². The molecular weight excluding hydrogens is 327 g/mol. The fourth-order valence-corrected chi connectivity index (χ4v) is 1.86. The molecule has 0 radical (unpaired) electrons. The van der Waals surface area contributed by atoms with Gasteiger partial charge in [0.15, 0.2) is 0 Å². The first kappa shape index (κ1) is 16.3. The quantitative estimate of drug-likeness (QED) is 0.769. The molecule has 0 unspecified atom stereocenters. The van der Waals surface area contributed by atoms with Gasteiger partial charge in [0.1, 0.15) is 0 Å². The second-order valence-electron chi connectivity index (χ2n) is 3.72. The molecule has 7 heteroatoms. The normalized spacial score (nSPS) is 11.6. The van der Waals surface area contributed by atoms with E-state index in [1.807, 2.05) is 0 Å². The number of hydrogen-bond donors (Lipinski definition) is 1. The van der Waals surface area contributed by atoms with Crippen molar-refractivity contribution in [3.8, 4) is 0 Å². The smallest absolute Gasteiger partial charge is 0.382 e. The molecule has 0 atom stereocenters. The predicted octanol–water partition coefficient (Wildman–Crippen LogP) is 3.54. The highest BCUT2D eigenvalue weighted by Crippen LogP contribution is 2.33. The number of rotatable bonds is 7. The van der Waals surface area contributed by atoms with Gasteiger partial charge < -0.3 is 14.8 Å². The van der Waals surface area contributed by atoms with Crippen molar-refractivity contribution in [2.75, 3.05) is 38.8 Å². The highest BCUT2D eigenvalue weighted by Gasteiger charge is 2.30. The van der Waals surface area contributed by atoms with Crippen LogP contribution in [0.1, 0.15) is 5.56 Å². The van der Waals surface area contributed by atoms with E-state index in [1.54, 1.807) is 7.11 Å². The summed E-state index contributed by atoms with van der Waals surface area (Å²) in [7, 11) is 1.58. The van der Waals surface area contributed by atoms with Crippen LogP contribution >= 0.6 is 15.9 Å². The number of anilines is 1. The van der Waals surface area contributed by atoms with Crippen LogP contribution in [0.15, 0.2) is 22.7 Å². The molecule has 1 aromatic rings. The lowest BCUT2D eigenvalue weighted by atomic mass is 10.2. The zero-order valence-corrected chi connectivity index (χ0v) is 12.0. The monoisotopic (exact) mass is 341 g/mol. The second-order valence-corrected chi connectivity index (χ2v) is 4.58. The minimum Gasteiger partial charge on any atom is -0.382 e. The Balaban J connectivity index is 2.43. The molecule has 0 aromatic heterocycles. The van der Waals surface area contributed by atoms with Gasteiger partial charge in [0.25, 0.3) is 0 Å². The van der Waals surface area contributed by atoms with E-state index in [1.165, 1.54) is 6.07 Å². The highest BCUT2D eigenvalue weighted by molar-refractivity contribution is 9.10. The molecule has 0 saturated heterocycles. The van der Waals surface area contributed by atoms with Crippen LogP contribution in [0.5, 0.6) is 0 Å². The van der Waals surface area contributed by atoms with Crippen molar-refractivity contribution < 1.29 is 22.6 Å². The van der Waals surface area contributed by atoms with Gasteiger partial charge in [0.2, 0.25) is 0 Å². The summed E-state index contributed by atoms with van der Waals surface area (Å²) < 4.78 is 47.8. The molecular formula is C12H15BrF3NO2. The molecule has 108 valence electrons. The first-order valence-electron chi connectivity index (χ1n) is 5.62. The standard InChI is InChI=1S/C12H15BrF3NO2/c1-18-6-7-19-5-4-17-11-3-2-9(8-10(11)13)12(14,15)16/h2-3,8,17H,4-7H2,1H3. The first-order valence-corrected chi connectivity index (χ1v) is 6.41. The summed E-state index contributed by atoms with van der Waals surface area (Å²) in [4.78, 5) is 0. The van der Waals surface area contributed by atoms with Crippen LogP contribution in [-0.4, -0.2) is 33.5 Å². The zero-order chi connectivity index (χ0) is 14.3. The number of nitrogens with one attached hydrogen (secondary N) is 1. The molecule has 1 N–H and O–H groups in total. The largest absolute Gasteiger partial charge is 0.416 e. The third-order valence-electron chi connectivity index (χ3n) is 2.29. The fourth-order valence-electron chi connectivity index (χ4n) is 1.34. The fraction of sp³-hybridized carbons (Fsp3) is 0.500. The zero-order valence-electron chi connectivity index (χ0n) is 10.4. The van der Waals surface area contributed by atoms with Gasteiger partial charge in [-0.3, -0.25) is 0 Å². The van der Waals surface area contributed by atoms with Crippen LogP contribution in [0, 0.1) is 0 Å². The van der Waals surface area contributed by atoms with Crippen LogP contribution in [-0.2, 0) is 15.7 Å². The molecule has 0 spiro atoms. The first-order chi connectivity index (χ1) is 8.95. The lowest BCUT2D eigenvalue weighted by Gasteiger charge is -2.12. The van der Waals surface area contributed by atoms with Crippen molar-refractivity contribution >= 4 is 21.6 Å². The maximum Gasteiger partial charge on any atom is 0.416 e. The Morgan fingerprint density at radius 1 is 1.21 bits per heavy atom. The van der Waals surface area contributed by atoms with E-state index in [4.69, 9.17) is 9.47 Å². The van der Waals surface area contributed by atoms with E-state index >= 15 is 0 Å². The SMILES string of the molecule is COCCOCCNc1ccc(C(F)(F)F)cc1Br. The molecule has 0 aliphatic heterocycles. The Labute approximate surface area is 118 Å². The van der Waals surface area contributed by atoms with Gasteiger partial charge >= 0.3 is 6.18 Å². The Bertz CT molecular complexity index is 399. The average molecular weight is 342 g/mol. The van der Waals surface area contributed by atoms with Crippen LogP contribution in [0.4, 0.5) is 18.9 Å². The van der Waals surface area contributed by atoms with Crippen LogP contribution in [0.25, 0.3) is 0 Å². The molecule has 0 heterocycles. The summed E-state index contributed by atoms with van der Waals surface area (Å²) in [6, 6.07) is 3.48. The number of methoxy groups -OCH3 is 1. The summed E-state index contributed by atoms with van der Waals surface area (Å²) in [6.07, 6.45) is -4.33. The number of benzene rings is 1. The molecule has 1 aromatic carbocycles. The predicted molar refractivity (Wildman–Crippen MR) is 70.3 cm³/mol. The minimum absolute atomic E-state index is 0.374. The lowest BCUT2D eigenvalue weighted by molar-refractivity contribution is -0.137. The highest BCUT2D eigenvalue weighted by atomic mass is 79.9. The molecule has 3 nitrogen and oxygen atoms in total. The van der Waals surface area contributed by atoms with Crippen molar-refractivity contribution in [1.29, 1.82) is 0 Å². The summed E-state index contributed by atoms with van der Waals surface area (Å²) in [5, 5.41) is 2.99. The van der Waals surface area contributed by atoms with Gasteiger partial charge in [0.05, 0.1) is 25.4 Å². The van der Waals surface area contributed by atoms with E-state index in [9.17, 15) is 13.2 Å². The maximum atomic E-state index is 12.5. The van der Waals surface area contributed by atoms with Crippen LogP contribution in [0.2, 0.25) is 0 Å². The number of hydrogen-bond acceptors (Lipinski definition) is 3. The van der Waals surface area contributed by atoms with Crippen LogP contribution < -0.4 is 5.32 Å². The number of alkyl halides is 3. The van der Waals surface area contributed by atoms with Crippen molar-refractivity contribution in [2.45, 2.75) is 6.18 Å². The molecule has 0 aliphatic carbocycles. The van der Waals surface area contributed by atoms with Crippen molar-refractivity contribution in [1.82, 2.24) is 0 Å². The average Bonchev–Trinajstić information content (AvgIpc) is 2.34. The molecule has 0 bridgehead atoms. The molecule has 0 amide bonds. The van der Waals surface area contributed by atoms with Gasteiger partial charge in [-0.05, 0) is 34.1 Å². The van der Waals surface area contributed by atoms with Crippen molar-refractivity contribution in [3.05, 3.63) is 28.2 Å². The third kappa shape index (κ3) is 5.80. The molecule has 1 rings (SSSR count). The van der Waals surface area contributed by atoms with Gasteiger partial charge in [-0.15, -0.1) is 0 Å². The van der Waals surface area contributed by atoms with Gasteiger partial charge in [-0.2, -0.15) is 13.2 Å². The third-order valence-corrected chi connectivity index (χ3v) is 2.95. The van der Waals surface area contributed by atoms with E-state index in [2.05, 4.69) is 21.2 Å². The Morgan fingerprint density at radius 3 is 2.53 bits per heavy atom. The van der Waals surface area contributed by atoms with Crippen molar-refractivity contribution in [3.63, 3.8) is 0 Å². The minimum atomic E-state index is -4.33. The van der Waals surface area contributed by atoms with E-state index < -0.39 is 11.7 Å². The van der Waals surface area contributed by atoms with Gasteiger partial charge in [0, 0.05) is 23.8 Å². The Morgan fingerprint density at radius 2 is 1.95 bits per heavy atom. The Kier molecular flexibility index (Phi) is 6.60. The maximum absolute atomic E-state index is 12.5.